The van der Waals surface area contributed by atoms with Gasteiger partial charge in [-0.2, -0.15) is 13.2 Å². The Morgan fingerprint density at radius 3 is 2.50 bits per heavy atom. The first-order valence-corrected chi connectivity index (χ1v) is 7.69. The van der Waals surface area contributed by atoms with Crippen molar-refractivity contribution in [3.63, 3.8) is 0 Å². The van der Waals surface area contributed by atoms with Crippen molar-refractivity contribution in [1.82, 2.24) is 10.3 Å². The molecule has 136 valence electrons. The maximum absolute atomic E-state index is 14.0. The summed E-state index contributed by atoms with van der Waals surface area (Å²) in [6, 6.07) is 5.04. The van der Waals surface area contributed by atoms with E-state index in [1.54, 1.807) is 11.4 Å². The van der Waals surface area contributed by atoms with Crippen LogP contribution < -0.4 is 10.6 Å². The number of pyridine rings is 1. The van der Waals surface area contributed by atoms with Crippen molar-refractivity contribution in [2.75, 3.05) is 5.32 Å². The van der Waals surface area contributed by atoms with Crippen LogP contribution in [-0.2, 0) is 6.18 Å². The number of imide groups is 1. The molecule has 0 aliphatic heterocycles. The number of anilines is 1. The molecule has 0 atom stereocenters. The summed E-state index contributed by atoms with van der Waals surface area (Å²) in [7, 11) is 0. The quantitative estimate of drug-likeness (QED) is 0.803. The number of hydrogen-bond acceptors (Lipinski definition) is 3. The monoisotopic (exact) mass is 367 g/mol. The number of nitrogens with zero attached hydrogens (tertiary/aromatic N) is 1. The van der Waals surface area contributed by atoms with Crippen LogP contribution in [0.2, 0.25) is 0 Å². The van der Waals surface area contributed by atoms with E-state index in [0.717, 1.165) is 30.7 Å². The Kier molecular flexibility index (Phi) is 4.62. The van der Waals surface area contributed by atoms with E-state index in [1.807, 2.05) is 5.32 Å². The van der Waals surface area contributed by atoms with Crippen molar-refractivity contribution in [2.45, 2.75) is 24.9 Å². The van der Waals surface area contributed by atoms with Crippen LogP contribution in [0.3, 0.4) is 0 Å². The normalized spacial score (nSPS) is 14.0. The van der Waals surface area contributed by atoms with Gasteiger partial charge in [-0.3, -0.25) is 10.1 Å². The van der Waals surface area contributed by atoms with Crippen LogP contribution in [0.4, 0.5) is 28.0 Å². The van der Waals surface area contributed by atoms with E-state index >= 15 is 0 Å². The van der Waals surface area contributed by atoms with E-state index in [1.165, 1.54) is 18.2 Å². The highest BCUT2D eigenvalue weighted by molar-refractivity contribution is 6.08. The van der Waals surface area contributed by atoms with Crippen molar-refractivity contribution < 1.29 is 27.2 Å². The van der Waals surface area contributed by atoms with Crippen LogP contribution in [0, 0.1) is 5.82 Å². The van der Waals surface area contributed by atoms with Crippen LogP contribution in [0.5, 0.6) is 0 Å². The maximum Gasteiger partial charge on any atom is 0.435 e. The number of hydrogen-bond donors (Lipinski definition) is 2. The molecule has 3 amide bonds. The highest BCUT2D eigenvalue weighted by Crippen LogP contribution is 2.40. The molecule has 1 saturated carbocycles. The van der Waals surface area contributed by atoms with Gasteiger partial charge in [0.15, 0.2) is 5.69 Å². The summed E-state index contributed by atoms with van der Waals surface area (Å²) < 4.78 is 52.5. The van der Waals surface area contributed by atoms with Crippen LogP contribution in [0.1, 0.15) is 40.4 Å². The molecule has 0 saturated heterocycles. The number of carbonyl (C=O) groups excluding carboxylic acids is 2. The Morgan fingerprint density at radius 1 is 1.15 bits per heavy atom. The van der Waals surface area contributed by atoms with Gasteiger partial charge < -0.3 is 5.32 Å². The van der Waals surface area contributed by atoms with Gasteiger partial charge in [-0.15, -0.1) is 0 Å². The minimum Gasteiger partial charge on any atom is -0.306 e. The number of carbonyl (C=O) groups is 2. The summed E-state index contributed by atoms with van der Waals surface area (Å²) in [6.45, 7) is 0. The van der Waals surface area contributed by atoms with E-state index in [4.69, 9.17) is 0 Å². The summed E-state index contributed by atoms with van der Waals surface area (Å²) >= 11 is 0. The molecule has 9 heteroatoms. The van der Waals surface area contributed by atoms with Crippen LogP contribution >= 0.6 is 0 Å². The van der Waals surface area contributed by atoms with E-state index in [-0.39, 0.29) is 11.5 Å². The number of aromatic nitrogens is 1. The molecule has 3 rings (SSSR count). The van der Waals surface area contributed by atoms with Gasteiger partial charge in [-0.1, -0.05) is 6.07 Å². The minimum atomic E-state index is -4.78. The molecule has 1 aromatic heterocycles. The Labute approximate surface area is 145 Å². The molecule has 2 N–H and O–H groups in total. The Bertz CT molecular complexity index is 863. The molecule has 1 aliphatic carbocycles. The third kappa shape index (κ3) is 3.98. The van der Waals surface area contributed by atoms with Gasteiger partial charge in [-0.05, 0) is 48.6 Å². The lowest BCUT2D eigenvalue weighted by Gasteiger charge is -2.12. The molecule has 1 fully saturated rings. The lowest BCUT2D eigenvalue weighted by molar-refractivity contribution is -0.140. The first-order valence-electron chi connectivity index (χ1n) is 7.69. The highest BCUT2D eigenvalue weighted by atomic mass is 19.4. The molecular formula is C17H13F4N3O2. The molecule has 1 aromatic carbocycles. The second-order valence-electron chi connectivity index (χ2n) is 5.82. The van der Waals surface area contributed by atoms with Crippen LogP contribution in [0.25, 0.3) is 0 Å². The zero-order valence-electron chi connectivity index (χ0n) is 13.2. The molecule has 1 heterocycles. The maximum atomic E-state index is 14.0. The molecule has 0 bridgehead atoms. The predicted octanol–water partition coefficient (Wildman–Crippen LogP) is 4.08. The zero-order chi connectivity index (χ0) is 18.9. The number of rotatable bonds is 3. The fourth-order valence-electron chi connectivity index (χ4n) is 2.44. The zero-order valence-corrected chi connectivity index (χ0v) is 13.2. The number of halogens is 4. The standard InChI is InChI=1S/C17H13F4N3O2/c18-12-8-10(9-3-4-9)5-6-11(12)15(25)24-16(26)23-13-2-1-7-22-14(13)17(19,20)21/h1-2,5-9H,3-4H2,(H2,23,24,25,26). The SMILES string of the molecule is O=C(NC(=O)c1ccc(C2CC2)cc1F)Nc1cccnc1C(F)(F)F. The highest BCUT2D eigenvalue weighted by Gasteiger charge is 2.35. The summed E-state index contributed by atoms with van der Waals surface area (Å²) in [5.41, 5.74) is -1.52. The third-order valence-electron chi connectivity index (χ3n) is 3.84. The summed E-state index contributed by atoms with van der Waals surface area (Å²) in [6.07, 6.45) is -1.94. The third-order valence-corrected chi connectivity index (χ3v) is 3.84. The molecule has 26 heavy (non-hydrogen) atoms. The van der Waals surface area contributed by atoms with Crippen molar-refractivity contribution in [1.29, 1.82) is 0 Å². The van der Waals surface area contributed by atoms with Gasteiger partial charge in [0.25, 0.3) is 5.91 Å². The van der Waals surface area contributed by atoms with E-state index in [2.05, 4.69) is 4.98 Å². The van der Waals surface area contributed by atoms with Crippen molar-refractivity contribution in [2.24, 2.45) is 0 Å². The van der Waals surface area contributed by atoms with E-state index in [9.17, 15) is 27.2 Å². The van der Waals surface area contributed by atoms with Gasteiger partial charge >= 0.3 is 12.2 Å². The largest absolute Gasteiger partial charge is 0.435 e. The van der Waals surface area contributed by atoms with Crippen molar-refractivity contribution in [3.8, 4) is 0 Å². The molecule has 1 aliphatic rings. The molecule has 0 unspecified atom stereocenters. The van der Waals surface area contributed by atoms with Gasteiger partial charge in [-0.25, -0.2) is 14.2 Å². The number of urea groups is 1. The fraction of sp³-hybridized carbons (Fsp3) is 0.235. The molecule has 5 nitrogen and oxygen atoms in total. The fourth-order valence-corrected chi connectivity index (χ4v) is 2.44. The van der Waals surface area contributed by atoms with E-state index in [0.29, 0.717) is 0 Å². The Hall–Kier alpha value is -2.97. The second kappa shape index (κ2) is 6.74. The second-order valence-corrected chi connectivity index (χ2v) is 5.82. The summed E-state index contributed by atoms with van der Waals surface area (Å²) in [4.78, 5) is 27.0. The molecule has 0 radical (unpaired) electrons. The van der Waals surface area contributed by atoms with Gasteiger partial charge in [0.1, 0.15) is 5.82 Å². The minimum absolute atomic E-state index is 0.288. The van der Waals surface area contributed by atoms with Crippen LogP contribution in [0.15, 0.2) is 36.5 Å². The predicted molar refractivity (Wildman–Crippen MR) is 84.1 cm³/mol. The van der Waals surface area contributed by atoms with Gasteiger partial charge in [0.2, 0.25) is 0 Å². The first-order chi connectivity index (χ1) is 12.3. The summed E-state index contributed by atoms with van der Waals surface area (Å²) in [5.74, 6) is -1.56. The van der Waals surface area contributed by atoms with Crippen molar-refractivity contribution >= 4 is 17.6 Å². The average Bonchev–Trinajstić information content (AvgIpc) is 3.38. The lowest BCUT2D eigenvalue weighted by Crippen LogP contribution is -2.35. The van der Waals surface area contributed by atoms with Gasteiger partial charge in [0, 0.05) is 6.20 Å². The smallest absolute Gasteiger partial charge is 0.306 e. The molecular weight excluding hydrogens is 354 g/mol. The van der Waals surface area contributed by atoms with Crippen LogP contribution in [-0.4, -0.2) is 16.9 Å². The Balaban J connectivity index is 1.70. The van der Waals surface area contributed by atoms with Crippen molar-refractivity contribution in [3.05, 3.63) is 59.2 Å². The number of nitrogens with one attached hydrogen (secondary N) is 2. The summed E-state index contributed by atoms with van der Waals surface area (Å²) in [5, 5.41) is 3.71. The first kappa shape index (κ1) is 17.8. The number of benzene rings is 1. The lowest BCUT2D eigenvalue weighted by atomic mass is 10.1. The molecule has 0 spiro atoms. The van der Waals surface area contributed by atoms with Gasteiger partial charge in [0.05, 0.1) is 11.3 Å². The average molecular weight is 367 g/mol. The van der Waals surface area contributed by atoms with E-state index < -0.39 is 35.3 Å². The topological polar surface area (TPSA) is 71.1 Å². The Morgan fingerprint density at radius 2 is 1.88 bits per heavy atom. The number of amides is 3. The number of alkyl halides is 3. The molecule has 2 aromatic rings.